The fourth-order valence-electron chi connectivity index (χ4n) is 3.69. The first kappa shape index (κ1) is 20.6. The number of ether oxygens (including phenoxy) is 1. The molecular formula is C23H20BrNO4S. The van der Waals surface area contributed by atoms with Crippen molar-refractivity contribution in [2.24, 2.45) is 0 Å². The van der Waals surface area contributed by atoms with Gasteiger partial charge in [-0.05, 0) is 48.4 Å². The number of methoxy groups -OCH3 is 1. The Morgan fingerprint density at radius 3 is 2.20 bits per heavy atom. The maximum absolute atomic E-state index is 13.4. The van der Waals surface area contributed by atoms with Crippen molar-refractivity contribution in [3.05, 3.63) is 89.5 Å². The molecule has 0 saturated carbocycles. The molecular weight excluding hydrogens is 466 g/mol. The second-order valence-electron chi connectivity index (χ2n) is 7.13. The van der Waals surface area contributed by atoms with Crippen LogP contribution in [0.25, 0.3) is 0 Å². The minimum atomic E-state index is -4.06. The number of fused-ring (bicyclic) bond motifs is 1. The third-order valence-electron chi connectivity index (χ3n) is 5.25. The van der Waals surface area contributed by atoms with E-state index < -0.39 is 20.8 Å². The fourth-order valence-corrected chi connectivity index (χ4v) is 6.09. The Balaban J connectivity index is 1.86. The summed E-state index contributed by atoms with van der Waals surface area (Å²) in [4.78, 5) is 12.7. The predicted octanol–water partition coefficient (Wildman–Crippen LogP) is 4.63. The van der Waals surface area contributed by atoms with E-state index in [9.17, 15) is 13.2 Å². The van der Waals surface area contributed by atoms with Crippen molar-refractivity contribution in [1.82, 2.24) is 0 Å². The molecule has 30 heavy (non-hydrogen) atoms. The number of amides is 1. The van der Waals surface area contributed by atoms with Gasteiger partial charge in [0, 0.05) is 5.92 Å². The lowest BCUT2D eigenvalue weighted by atomic mass is 9.84. The van der Waals surface area contributed by atoms with Crippen molar-refractivity contribution in [1.29, 1.82) is 0 Å². The van der Waals surface area contributed by atoms with Crippen molar-refractivity contribution in [3.8, 4) is 5.75 Å². The molecule has 3 aromatic rings. The second kappa shape index (κ2) is 7.89. The number of hydrogen-bond donors (Lipinski definition) is 0. The standard InChI is InChI=1S/C23H20BrNO4S/c1-15-7-13-18(14-8-15)30(27,28)25-20-6-4-3-5-19(20)21(22(24)23(25)26)16-9-11-17(29-2)12-10-16/h3-14,21-22H,1-2H3/t21-,22+/m1/s1. The van der Waals surface area contributed by atoms with Crippen LogP contribution in [-0.2, 0) is 14.8 Å². The van der Waals surface area contributed by atoms with Gasteiger partial charge in [-0.25, -0.2) is 12.7 Å². The number of hydrogen-bond acceptors (Lipinski definition) is 4. The summed E-state index contributed by atoms with van der Waals surface area (Å²) in [6.45, 7) is 1.88. The Hall–Kier alpha value is -2.64. The number of para-hydroxylation sites is 1. The van der Waals surface area contributed by atoms with E-state index in [0.29, 0.717) is 11.4 Å². The number of halogens is 1. The summed E-state index contributed by atoms with van der Waals surface area (Å²) in [6.07, 6.45) is 0. The van der Waals surface area contributed by atoms with Gasteiger partial charge >= 0.3 is 0 Å². The SMILES string of the molecule is COc1ccc([C@@H]2c3ccccc3N(S(=O)(=O)c3ccc(C)cc3)C(=O)[C@H]2Br)cc1. The maximum atomic E-state index is 13.4. The van der Waals surface area contributed by atoms with Crippen LogP contribution in [0.3, 0.4) is 0 Å². The average Bonchev–Trinajstić information content (AvgIpc) is 2.75. The highest BCUT2D eigenvalue weighted by Crippen LogP contribution is 2.45. The molecule has 1 heterocycles. The molecule has 0 aromatic heterocycles. The predicted molar refractivity (Wildman–Crippen MR) is 120 cm³/mol. The molecule has 4 rings (SSSR count). The molecule has 1 aliphatic rings. The zero-order valence-electron chi connectivity index (χ0n) is 16.4. The first-order valence-electron chi connectivity index (χ1n) is 9.37. The molecule has 0 aliphatic carbocycles. The van der Waals surface area contributed by atoms with Crippen LogP contribution in [0, 0.1) is 6.92 Å². The van der Waals surface area contributed by atoms with Crippen LogP contribution in [0.5, 0.6) is 5.75 Å². The lowest BCUT2D eigenvalue weighted by Crippen LogP contribution is -2.47. The van der Waals surface area contributed by atoms with E-state index in [2.05, 4.69) is 15.9 Å². The number of rotatable bonds is 4. The van der Waals surface area contributed by atoms with Gasteiger partial charge in [0.05, 0.1) is 17.7 Å². The van der Waals surface area contributed by atoms with Crippen LogP contribution in [0.1, 0.15) is 22.6 Å². The van der Waals surface area contributed by atoms with Gasteiger partial charge in [0.25, 0.3) is 15.9 Å². The van der Waals surface area contributed by atoms with Gasteiger partial charge in [0.2, 0.25) is 0 Å². The molecule has 0 N–H and O–H groups in total. The summed E-state index contributed by atoms with van der Waals surface area (Å²) in [5, 5.41) is 0. The molecule has 0 bridgehead atoms. The van der Waals surface area contributed by atoms with Gasteiger partial charge < -0.3 is 4.74 Å². The highest BCUT2D eigenvalue weighted by molar-refractivity contribution is 9.10. The van der Waals surface area contributed by atoms with Crippen molar-refractivity contribution < 1.29 is 17.9 Å². The summed E-state index contributed by atoms with van der Waals surface area (Å²) in [5.41, 5.74) is 2.97. The molecule has 0 saturated heterocycles. The normalized spacial score (nSPS) is 18.8. The summed E-state index contributed by atoms with van der Waals surface area (Å²) in [5.74, 6) is -0.136. The van der Waals surface area contributed by atoms with Crippen LogP contribution in [0.4, 0.5) is 5.69 Å². The van der Waals surface area contributed by atoms with E-state index in [-0.39, 0.29) is 10.8 Å². The van der Waals surface area contributed by atoms with Gasteiger partial charge in [0.1, 0.15) is 10.6 Å². The molecule has 1 aliphatic heterocycles. The van der Waals surface area contributed by atoms with Crippen molar-refractivity contribution in [3.63, 3.8) is 0 Å². The largest absolute Gasteiger partial charge is 0.497 e. The smallest absolute Gasteiger partial charge is 0.270 e. The third kappa shape index (κ3) is 3.42. The molecule has 0 spiro atoms. The molecule has 7 heteroatoms. The van der Waals surface area contributed by atoms with E-state index in [1.165, 1.54) is 12.1 Å². The van der Waals surface area contributed by atoms with Crippen molar-refractivity contribution in [2.45, 2.75) is 22.6 Å². The van der Waals surface area contributed by atoms with Crippen molar-refractivity contribution >= 4 is 37.5 Å². The first-order valence-corrected chi connectivity index (χ1v) is 11.7. The number of nitrogens with zero attached hydrogens (tertiary/aromatic N) is 1. The highest BCUT2D eigenvalue weighted by Gasteiger charge is 2.45. The average molecular weight is 486 g/mol. The lowest BCUT2D eigenvalue weighted by molar-refractivity contribution is -0.117. The minimum Gasteiger partial charge on any atom is -0.497 e. The van der Waals surface area contributed by atoms with Gasteiger partial charge in [-0.15, -0.1) is 0 Å². The van der Waals surface area contributed by atoms with Crippen molar-refractivity contribution in [2.75, 3.05) is 11.4 Å². The minimum absolute atomic E-state index is 0.0823. The van der Waals surface area contributed by atoms with Crippen LogP contribution >= 0.6 is 15.9 Å². The third-order valence-corrected chi connectivity index (χ3v) is 7.90. The topological polar surface area (TPSA) is 63.7 Å². The highest BCUT2D eigenvalue weighted by atomic mass is 79.9. The van der Waals surface area contributed by atoms with Crippen LogP contribution in [-0.4, -0.2) is 26.3 Å². The van der Waals surface area contributed by atoms with E-state index in [0.717, 1.165) is 21.0 Å². The molecule has 5 nitrogen and oxygen atoms in total. The molecule has 154 valence electrons. The van der Waals surface area contributed by atoms with E-state index in [4.69, 9.17) is 4.74 Å². The van der Waals surface area contributed by atoms with Gasteiger partial charge in [-0.2, -0.15) is 0 Å². The number of anilines is 1. The molecule has 1 amide bonds. The number of carbonyl (C=O) groups is 1. The zero-order chi connectivity index (χ0) is 21.5. The number of sulfonamides is 1. The molecule has 0 radical (unpaired) electrons. The molecule has 0 fully saturated rings. The monoisotopic (exact) mass is 485 g/mol. The number of aryl methyl sites for hydroxylation is 1. The van der Waals surface area contributed by atoms with Gasteiger partial charge in [-0.1, -0.05) is 64.0 Å². The molecule has 2 atom stereocenters. The van der Waals surface area contributed by atoms with Gasteiger partial charge in [0.15, 0.2) is 0 Å². The quantitative estimate of drug-likeness (QED) is 0.505. The van der Waals surface area contributed by atoms with Crippen LogP contribution < -0.4 is 9.04 Å². The fraction of sp³-hybridized carbons (Fsp3) is 0.174. The Morgan fingerprint density at radius 1 is 0.933 bits per heavy atom. The Bertz CT molecular complexity index is 1190. The number of benzene rings is 3. The van der Waals surface area contributed by atoms with E-state index >= 15 is 0 Å². The Labute approximate surface area is 184 Å². The summed E-state index contributed by atoms with van der Waals surface area (Å²) in [6, 6.07) is 21.1. The summed E-state index contributed by atoms with van der Waals surface area (Å²) >= 11 is 3.49. The number of alkyl halides is 1. The van der Waals surface area contributed by atoms with E-state index in [1.807, 2.05) is 43.3 Å². The summed E-state index contributed by atoms with van der Waals surface area (Å²) < 4.78 is 33.0. The molecule has 3 aromatic carbocycles. The Kier molecular flexibility index (Phi) is 5.42. The van der Waals surface area contributed by atoms with Crippen LogP contribution in [0.15, 0.2) is 77.7 Å². The molecule has 0 unspecified atom stereocenters. The van der Waals surface area contributed by atoms with E-state index in [1.54, 1.807) is 31.4 Å². The zero-order valence-corrected chi connectivity index (χ0v) is 18.9. The number of carbonyl (C=O) groups excluding carboxylic acids is 1. The maximum Gasteiger partial charge on any atom is 0.270 e. The second-order valence-corrected chi connectivity index (χ2v) is 9.91. The van der Waals surface area contributed by atoms with Crippen LogP contribution in [0.2, 0.25) is 0 Å². The van der Waals surface area contributed by atoms with Gasteiger partial charge in [-0.3, -0.25) is 4.79 Å². The lowest BCUT2D eigenvalue weighted by Gasteiger charge is -2.36. The summed E-state index contributed by atoms with van der Waals surface area (Å²) in [7, 11) is -2.46. The first-order chi connectivity index (χ1) is 14.3. The Morgan fingerprint density at radius 2 is 1.57 bits per heavy atom.